The van der Waals surface area contributed by atoms with Crippen LogP contribution in [-0.4, -0.2) is 122 Å². The molecule has 20 nitrogen and oxygen atoms in total. The Kier molecular flexibility index (Phi) is 25.2. The van der Waals surface area contributed by atoms with E-state index < -0.39 is 17.4 Å². The summed E-state index contributed by atoms with van der Waals surface area (Å²) >= 11 is 0. The number of aromatic nitrogens is 10. The van der Waals surface area contributed by atoms with Gasteiger partial charge in [-0.05, 0) is 147 Å². The molecule has 0 unspecified atom stereocenters. The van der Waals surface area contributed by atoms with Crippen molar-refractivity contribution in [2.45, 2.75) is 209 Å². The molecule has 10 heterocycles. The maximum atomic E-state index is 15.8. The van der Waals surface area contributed by atoms with Crippen molar-refractivity contribution >= 4 is 41.3 Å². The first-order chi connectivity index (χ1) is 51.6. The topological polar surface area (TPSA) is 215 Å². The minimum Gasteiger partial charge on any atom is -0.444 e. The van der Waals surface area contributed by atoms with Crippen LogP contribution < -0.4 is 20.0 Å². The molecule has 5 aromatic heterocycles. The van der Waals surface area contributed by atoms with E-state index in [2.05, 4.69) is 164 Å². The fourth-order valence-corrected chi connectivity index (χ4v) is 15.4. The van der Waals surface area contributed by atoms with E-state index in [0.29, 0.717) is 78.5 Å². The first-order valence-electron chi connectivity index (χ1n) is 38.0. The quantitative estimate of drug-likeness (QED) is 0.0952. The number of ether oxygens (including phenoxy) is 1. The number of fused-ring (bicyclic) bond motifs is 3. The maximum absolute atomic E-state index is 15.8. The number of benzene rings is 5. The molecule has 5 aromatic carbocycles. The predicted molar refractivity (Wildman–Crippen MR) is 435 cm³/mol. The number of nitrogens with one attached hydrogen (secondary N) is 1. The molecule has 10 aromatic rings. The number of hydrogen-bond acceptors (Lipinski definition) is 14. The van der Waals surface area contributed by atoms with Gasteiger partial charge in [-0.2, -0.15) is 10.2 Å². The first-order valence-corrected chi connectivity index (χ1v) is 38.0. The minimum atomic E-state index is -1.60. The summed E-state index contributed by atoms with van der Waals surface area (Å²) in [5, 5.41) is 12.9. The SMILES string of the molecule is C.C.C.CC(C)c1ccccc1-c1ncc2c(n1)N(CC1(F)CCN(C(=O)OC(C)(C)C)CC1)C(=O)C2.CC(C)c1ccccc1-c1ncc2c(n1)N(Cc1ccc(-n3cc(C4CCNCC4)cn3)cc1)C(=O)C2.CC(C)c1ccccc1-c1ncc2c(n1)N(Cc1ccc(-n3ccc(C4CCCC4)n3)cc1)C(=O)C2. The summed E-state index contributed by atoms with van der Waals surface area (Å²) in [7, 11) is 0. The first kappa shape index (κ1) is 80.3. The molecule has 1 aliphatic carbocycles. The van der Waals surface area contributed by atoms with Crippen molar-refractivity contribution in [2.75, 3.05) is 47.4 Å². The van der Waals surface area contributed by atoms with Crippen LogP contribution in [0.15, 0.2) is 165 Å². The zero-order chi connectivity index (χ0) is 74.7. The number of nitrogens with zero attached hydrogens (tertiary/aromatic N) is 14. The summed E-state index contributed by atoms with van der Waals surface area (Å²) in [5.74, 6) is 5.93. The second-order valence-electron chi connectivity index (χ2n) is 31.2. The fraction of sp³-hybridized carbons (Fsp3) is 0.416. The van der Waals surface area contributed by atoms with Gasteiger partial charge in [0.25, 0.3) is 0 Å². The van der Waals surface area contributed by atoms with E-state index in [0.717, 1.165) is 93.4 Å². The van der Waals surface area contributed by atoms with Crippen LogP contribution in [0, 0.1) is 0 Å². The van der Waals surface area contributed by atoms with Crippen molar-refractivity contribution in [3.63, 3.8) is 0 Å². The zero-order valence-corrected chi connectivity index (χ0v) is 62.9. The molecule has 21 heteroatoms. The molecular formula is C89H108FN15O5. The molecule has 4 amide bonds. The number of carbonyl (C=O) groups is 4. The van der Waals surface area contributed by atoms with Crippen LogP contribution in [0.25, 0.3) is 45.5 Å². The number of anilines is 3. The van der Waals surface area contributed by atoms with Crippen molar-refractivity contribution in [2.24, 2.45) is 0 Å². The van der Waals surface area contributed by atoms with Crippen molar-refractivity contribution in [3.8, 4) is 45.5 Å². The van der Waals surface area contributed by atoms with Gasteiger partial charge in [-0.15, -0.1) is 0 Å². The smallest absolute Gasteiger partial charge is 0.410 e. The number of piperidine rings is 2. The monoisotopic (exact) mass is 1490 g/mol. The number of carbonyl (C=O) groups excluding carboxylic acids is 4. The zero-order valence-electron chi connectivity index (χ0n) is 62.9. The molecule has 0 bridgehead atoms. The summed E-state index contributed by atoms with van der Waals surface area (Å²) in [4.78, 5) is 85.8. The predicted octanol–water partition coefficient (Wildman–Crippen LogP) is 18.0. The van der Waals surface area contributed by atoms with Crippen LogP contribution in [0.1, 0.15) is 221 Å². The molecular weight excluding hydrogens is 1380 g/mol. The van der Waals surface area contributed by atoms with E-state index in [-0.39, 0.29) is 84.8 Å². The van der Waals surface area contributed by atoms with Gasteiger partial charge in [0.2, 0.25) is 17.7 Å². The Labute approximate surface area is 648 Å². The number of rotatable bonds is 16. The van der Waals surface area contributed by atoms with Gasteiger partial charge in [-0.1, -0.05) is 174 Å². The summed E-state index contributed by atoms with van der Waals surface area (Å²) in [6.45, 7) is 21.8. The summed E-state index contributed by atoms with van der Waals surface area (Å²) < 4.78 is 25.2. The Morgan fingerprint density at radius 2 is 0.955 bits per heavy atom. The lowest BCUT2D eigenvalue weighted by molar-refractivity contribution is -0.118. The molecule has 576 valence electrons. The molecule has 16 rings (SSSR count). The molecule has 6 aliphatic rings. The highest BCUT2D eigenvalue weighted by Gasteiger charge is 2.43. The molecule has 1 saturated carbocycles. The molecule has 110 heavy (non-hydrogen) atoms. The van der Waals surface area contributed by atoms with Gasteiger partial charge < -0.3 is 15.0 Å². The van der Waals surface area contributed by atoms with Crippen molar-refractivity contribution in [1.82, 2.24) is 59.7 Å². The highest BCUT2D eigenvalue weighted by molar-refractivity contribution is 6.02. The number of hydrogen-bond donors (Lipinski definition) is 1. The number of likely N-dealkylation sites (tertiary alicyclic amines) is 1. The van der Waals surface area contributed by atoms with E-state index >= 15 is 4.39 Å². The lowest BCUT2D eigenvalue weighted by atomic mass is 9.93. The normalized spacial score (nSPS) is 16.0. The highest BCUT2D eigenvalue weighted by atomic mass is 19.1. The van der Waals surface area contributed by atoms with Crippen LogP contribution in [0.4, 0.5) is 26.6 Å². The third-order valence-electron chi connectivity index (χ3n) is 21.3. The average molecular weight is 1490 g/mol. The fourth-order valence-electron chi connectivity index (χ4n) is 15.4. The van der Waals surface area contributed by atoms with Gasteiger partial charge in [0, 0.05) is 96.2 Å². The Balaban J connectivity index is 0.000000162. The summed E-state index contributed by atoms with van der Waals surface area (Å²) in [5.41, 5.74) is 13.5. The Morgan fingerprint density at radius 1 is 0.536 bits per heavy atom. The Morgan fingerprint density at radius 3 is 1.39 bits per heavy atom. The number of alkyl halides is 1. The third kappa shape index (κ3) is 17.9. The van der Waals surface area contributed by atoms with Crippen LogP contribution in [-0.2, 0) is 51.5 Å². The van der Waals surface area contributed by atoms with Gasteiger partial charge in [0.1, 0.15) is 28.7 Å². The molecule has 0 radical (unpaired) electrons. The Bertz CT molecular complexity index is 4870. The van der Waals surface area contributed by atoms with Gasteiger partial charge in [0.05, 0.1) is 62.2 Å². The Hall–Kier alpha value is -10.7. The van der Waals surface area contributed by atoms with Crippen molar-refractivity contribution in [1.29, 1.82) is 0 Å². The lowest BCUT2D eigenvalue weighted by Gasteiger charge is -2.38. The minimum absolute atomic E-state index is 0. The van der Waals surface area contributed by atoms with Crippen LogP contribution in [0.3, 0.4) is 0 Å². The maximum Gasteiger partial charge on any atom is 0.410 e. The van der Waals surface area contributed by atoms with E-state index in [1.807, 2.05) is 70.4 Å². The van der Waals surface area contributed by atoms with E-state index in [1.165, 1.54) is 57.9 Å². The van der Waals surface area contributed by atoms with Gasteiger partial charge in [-0.3, -0.25) is 29.1 Å². The van der Waals surface area contributed by atoms with E-state index in [9.17, 15) is 19.2 Å². The molecule has 0 spiro atoms. The third-order valence-corrected chi connectivity index (χ3v) is 21.3. The average Bonchev–Trinajstić information content (AvgIpc) is 1.60. The van der Waals surface area contributed by atoms with E-state index in [4.69, 9.17) is 24.8 Å². The summed E-state index contributed by atoms with van der Waals surface area (Å²) in [6.07, 6.45) is 19.6. The second kappa shape index (κ2) is 34.5. The molecule has 3 fully saturated rings. The molecule has 2 saturated heterocycles. The van der Waals surface area contributed by atoms with Gasteiger partial charge >= 0.3 is 6.09 Å². The largest absolute Gasteiger partial charge is 0.444 e. The second-order valence-corrected chi connectivity index (χ2v) is 31.2. The standard InChI is InChI=1S/C30H32N6O.C30H31N5O.C26H33FN4O3.3CH4/c1-20(2)26-5-3-4-6-27(26)29-32-16-23-15-28(37)35(30(23)34-29)18-21-7-9-25(10-8-21)36-19-24(17-33-36)22-11-13-31-14-12-22;1-20(2)25-9-5-6-10-26(25)29-31-18-23-17-28(36)34(30(23)32-29)19-21-11-13-24(14-12-21)35-16-15-27(33-35)22-7-3-4-8-22;1-17(2)19-8-6-7-9-20(19)22-28-15-18-14-21(32)31(23(18)29-22)16-26(27)10-12-30(13-11-26)24(33)34-25(3,4)5;;;/h3-10,16-17,19-20,22,31H,11-15,18H2,1-2H3;5-6,9-16,18,20,22H,3-4,7-8,17,19H2,1-2H3;6-9,15,17H,10-14,16H2,1-5H3;3*1H4. The van der Waals surface area contributed by atoms with Crippen LogP contribution in [0.2, 0.25) is 0 Å². The van der Waals surface area contributed by atoms with Crippen molar-refractivity contribution in [3.05, 3.63) is 220 Å². The number of halogens is 1. The number of amides is 4. The lowest BCUT2D eigenvalue weighted by Crippen LogP contribution is -2.51. The highest BCUT2D eigenvalue weighted by Crippen LogP contribution is 2.40. The van der Waals surface area contributed by atoms with E-state index in [1.54, 1.807) is 36.8 Å². The van der Waals surface area contributed by atoms with Gasteiger partial charge in [0.15, 0.2) is 17.5 Å². The molecule has 5 aliphatic heterocycles. The van der Waals surface area contributed by atoms with Crippen LogP contribution in [0.5, 0.6) is 0 Å². The summed E-state index contributed by atoms with van der Waals surface area (Å²) in [6, 6.07) is 43.2. The van der Waals surface area contributed by atoms with Crippen LogP contribution >= 0.6 is 0 Å². The van der Waals surface area contributed by atoms with Gasteiger partial charge in [-0.25, -0.2) is 48.5 Å². The molecule has 1 N–H and O–H groups in total. The van der Waals surface area contributed by atoms with Crippen molar-refractivity contribution < 1.29 is 28.3 Å². The molecule has 0 atom stereocenters.